The average molecular weight is 340 g/mol. The Morgan fingerprint density at radius 2 is 2.24 bits per heavy atom. The first-order valence-electron chi connectivity index (χ1n) is 9.10. The maximum absolute atomic E-state index is 12.6. The van der Waals surface area contributed by atoms with Gasteiger partial charge in [0.25, 0.3) is 0 Å². The van der Waals surface area contributed by atoms with Gasteiger partial charge in [0, 0.05) is 43.9 Å². The van der Waals surface area contributed by atoms with E-state index in [4.69, 9.17) is 4.74 Å². The van der Waals surface area contributed by atoms with Gasteiger partial charge in [0.1, 0.15) is 0 Å². The first kappa shape index (κ1) is 16.3. The van der Waals surface area contributed by atoms with Crippen molar-refractivity contribution in [3.63, 3.8) is 0 Å². The van der Waals surface area contributed by atoms with Crippen LogP contribution in [0.3, 0.4) is 0 Å². The zero-order valence-corrected chi connectivity index (χ0v) is 14.3. The lowest BCUT2D eigenvalue weighted by Crippen LogP contribution is -2.31. The van der Waals surface area contributed by atoms with E-state index in [1.54, 1.807) is 12.4 Å². The SMILES string of the molecule is O=C(NCc1cnn(CC2CCC2)c1)[C@H]1CCO[C@@H]1c1cccnc1. The molecule has 25 heavy (non-hydrogen) atoms. The summed E-state index contributed by atoms with van der Waals surface area (Å²) in [4.78, 5) is 16.7. The summed E-state index contributed by atoms with van der Waals surface area (Å²) in [6.07, 6.45) is 11.9. The highest BCUT2D eigenvalue weighted by molar-refractivity contribution is 5.79. The summed E-state index contributed by atoms with van der Waals surface area (Å²) in [6, 6.07) is 3.84. The summed E-state index contributed by atoms with van der Waals surface area (Å²) in [5.41, 5.74) is 2.01. The molecule has 6 nitrogen and oxygen atoms in total. The summed E-state index contributed by atoms with van der Waals surface area (Å²) in [6.45, 7) is 2.12. The first-order valence-corrected chi connectivity index (χ1v) is 9.10. The molecule has 1 saturated carbocycles. The van der Waals surface area contributed by atoms with E-state index in [-0.39, 0.29) is 17.9 Å². The molecule has 6 heteroatoms. The second-order valence-electron chi connectivity index (χ2n) is 7.06. The number of nitrogens with zero attached hydrogens (tertiary/aromatic N) is 3. The molecule has 1 aliphatic carbocycles. The second kappa shape index (κ2) is 7.35. The average Bonchev–Trinajstić information content (AvgIpc) is 3.26. The fraction of sp³-hybridized carbons (Fsp3) is 0.526. The van der Waals surface area contributed by atoms with Crippen LogP contribution >= 0.6 is 0 Å². The smallest absolute Gasteiger partial charge is 0.226 e. The Kier molecular flexibility index (Phi) is 4.78. The molecule has 1 saturated heterocycles. The van der Waals surface area contributed by atoms with Crippen molar-refractivity contribution >= 4 is 5.91 Å². The topological polar surface area (TPSA) is 69.0 Å². The molecule has 3 heterocycles. The van der Waals surface area contributed by atoms with E-state index < -0.39 is 0 Å². The van der Waals surface area contributed by atoms with E-state index in [1.807, 2.05) is 29.2 Å². The van der Waals surface area contributed by atoms with Crippen molar-refractivity contribution in [1.82, 2.24) is 20.1 Å². The van der Waals surface area contributed by atoms with Gasteiger partial charge in [-0.15, -0.1) is 0 Å². The predicted octanol–water partition coefficient (Wildman–Crippen LogP) is 2.47. The maximum atomic E-state index is 12.6. The summed E-state index contributed by atoms with van der Waals surface area (Å²) in [5.74, 6) is 0.658. The second-order valence-corrected chi connectivity index (χ2v) is 7.06. The van der Waals surface area contributed by atoms with Gasteiger partial charge in [-0.1, -0.05) is 12.5 Å². The lowest BCUT2D eigenvalue weighted by Gasteiger charge is -2.24. The normalized spacial score (nSPS) is 23.4. The molecule has 0 spiro atoms. The van der Waals surface area contributed by atoms with Gasteiger partial charge in [0.2, 0.25) is 5.91 Å². The van der Waals surface area contributed by atoms with Gasteiger partial charge in [-0.25, -0.2) is 0 Å². The third-order valence-electron chi connectivity index (χ3n) is 5.26. The minimum Gasteiger partial charge on any atom is -0.373 e. The van der Waals surface area contributed by atoms with Crippen LogP contribution in [0.4, 0.5) is 0 Å². The van der Waals surface area contributed by atoms with Crippen molar-refractivity contribution in [2.75, 3.05) is 6.61 Å². The van der Waals surface area contributed by atoms with Crippen molar-refractivity contribution in [1.29, 1.82) is 0 Å². The number of ether oxygens (including phenoxy) is 1. The Morgan fingerprint density at radius 3 is 3.00 bits per heavy atom. The number of pyridine rings is 1. The van der Waals surface area contributed by atoms with Gasteiger partial charge in [-0.2, -0.15) is 5.10 Å². The number of carbonyl (C=O) groups is 1. The van der Waals surface area contributed by atoms with Crippen LogP contribution in [0.15, 0.2) is 36.9 Å². The van der Waals surface area contributed by atoms with Gasteiger partial charge in [0.05, 0.1) is 18.2 Å². The van der Waals surface area contributed by atoms with Gasteiger partial charge in [-0.05, 0) is 36.8 Å². The largest absolute Gasteiger partial charge is 0.373 e. The standard InChI is InChI=1S/C19H24N4O2/c24-19(17-6-8-25-18(17)16-5-2-7-20-11-16)21-9-15-10-22-23(13-15)12-14-3-1-4-14/h2,5,7,10-11,13-14,17-18H,1,3-4,6,8-9,12H2,(H,21,24)/t17-,18+/m0/s1. The number of carbonyl (C=O) groups excluding carboxylic acids is 1. The predicted molar refractivity (Wildman–Crippen MR) is 92.5 cm³/mol. The van der Waals surface area contributed by atoms with Crippen LogP contribution < -0.4 is 5.32 Å². The van der Waals surface area contributed by atoms with Crippen LogP contribution in [0.2, 0.25) is 0 Å². The van der Waals surface area contributed by atoms with Crippen LogP contribution in [0, 0.1) is 11.8 Å². The van der Waals surface area contributed by atoms with E-state index in [0.29, 0.717) is 13.2 Å². The molecular formula is C19H24N4O2. The summed E-state index contributed by atoms with van der Waals surface area (Å²) < 4.78 is 7.78. The van der Waals surface area contributed by atoms with Crippen LogP contribution in [-0.2, 0) is 22.6 Å². The van der Waals surface area contributed by atoms with Crippen LogP contribution in [0.5, 0.6) is 0 Å². The summed E-state index contributed by atoms with van der Waals surface area (Å²) in [7, 11) is 0. The number of nitrogens with one attached hydrogen (secondary N) is 1. The lowest BCUT2D eigenvalue weighted by molar-refractivity contribution is -0.126. The van der Waals surface area contributed by atoms with Crippen molar-refractivity contribution < 1.29 is 9.53 Å². The minimum absolute atomic E-state index is 0.0399. The van der Waals surface area contributed by atoms with Crippen molar-refractivity contribution in [2.24, 2.45) is 11.8 Å². The molecule has 0 bridgehead atoms. The number of hydrogen-bond acceptors (Lipinski definition) is 4. The summed E-state index contributed by atoms with van der Waals surface area (Å²) in [5, 5.41) is 7.45. The van der Waals surface area contributed by atoms with Gasteiger partial charge < -0.3 is 10.1 Å². The third kappa shape index (κ3) is 3.74. The number of amides is 1. The van der Waals surface area contributed by atoms with Gasteiger partial charge >= 0.3 is 0 Å². The highest BCUT2D eigenvalue weighted by atomic mass is 16.5. The lowest BCUT2D eigenvalue weighted by atomic mass is 9.85. The molecule has 2 aromatic heterocycles. The molecule has 2 fully saturated rings. The zero-order chi connectivity index (χ0) is 17.1. The molecule has 2 atom stereocenters. The molecule has 0 radical (unpaired) electrons. The Morgan fingerprint density at radius 1 is 1.32 bits per heavy atom. The first-order chi connectivity index (χ1) is 12.3. The third-order valence-corrected chi connectivity index (χ3v) is 5.26. The van der Waals surface area contributed by atoms with Crippen LogP contribution in [-0.4, -0.2) is 27.3 Å². The number of hydrogen-bond donors (Lipinski definition) is 1. The molecule has 4 rings (SSSR count). The van der Waals surface area contributed by atoms with Gasteiger partial charge in [0.15, 0.2) is 0 Å². The Bertz CT molecular complexity index is 711. The fourth-order valence-electron chi connectivity index (χ4n) is 3.59. The Hall–Kier alpha value is -2.21. The maximum Gasteiger partial charge on any atom is 0.226 e. The zero-order valence-electron chi connectivity index (χ0n) is 14.3. The van der Waals surface area contributed by atoms with E-state index in [2.05, 4.69) is 15.4 Å². The van der Waals surface area contributed by atoms with Crippen molar-refractivity contribution in [3.8, 4) is 0 Å². The molecule has 2 aliphatic rings. The minimum atomic E-state index is -0.199. The van der Waals surface area contributed by atoms with Crippen LogP contribution in [0.25, 0.3) is 0 Å². The molecule has 1 amide bonds. The molecule has 1 N–H and O–H groups in total. The molecule has 0 aromatic carbocycles. The van der Waals surface area contributed by atoms with E-state index in [9.17, 15) is 4.79 Å². The van der Waals surface area contributed by atoms with Gasteiger partial charge in [-0.3, -0.25) is 14.5 Å². The molecule has 1 aliphatic heterocycles. The quantitative estimate of drug-likeness (QED) is 0.877. The fourth-order valence-corrected chi connectivity index (χ4v) is 3.59. The highest BCUT2D eigenvalue weighted by Gasteiger charge is 2.35. The van der Waals surface area contributed by atoms with Crippen molar-refractivity contribution in [3.05, 3.63) is 48.0 Å². The van der Waals surface area contributed by atoms with Crippen LogP contribution in [0.1, 0.15) is 42.9 Å². The number of aromatic nitrogens is 3. The monoisotopic (exact) mass is 340 g/mol. The van der Waals surface area contributed by atoms with E-state index in [1.165, 1.54) is 19.3 Å². The molecule has 0 unspecified atom stereocenters. The molecule has 2 aromatic rings. The summed E-state index contributed by atoms with van der Waals surface area (Å²) >= 11 is 0. The number of rotatable bonds is 6. The van der Waals surface area contributed by atoms with E-state index >= 15 is 0 Å². The molecular weight excluding hydrogens is 316 g/mol. The Labute approximate surface area is 147 Å². The Balaban J connectivity index is 1.32. The molecule has 132 valence electrons. The van der Waals surface area contributed by atoms with E-state index in [0.717, 1.165) is 30.0 Å². The highest BCUT2D eigenvalue weighted by Crippen LogP contribution is 2.34. The van der Waals surface area contributed by atoms with Crippen molar-refractivity contribution in [2.45, 2.75) is 44.9 Å².